The highest BCUT2D eigenvalue weighted by Crippen LogP contribution is 2.24. The van der Waals surface area contributed by atoms with Crippen LogP contribution in [0.4, 0.5) is 10.5 Å². The first-order valence-corrected chi connectivity index (χ1v) is 8.85. The lowest BCUT2D eigenvalue weighted by Crippen LogP contribution is -2.45. The Morgan fingerprint density at radius 2 is 2.16 bits per heavy atom. The smallest absolute Gasteiger partial charge is 0.315 e. The molecule has 1 aromatic carbocycles. The van der Waals surface area contributed by atoms with E-state index in [0.29, 0.717) is 26.1 Å². The van der Waals surface area contributed by atoms with Gasteiger partial charge in [0.15, 0.2) is 0 Å². The molecule has 7 nitrogen and oxygen atoms in total. The Hall–Kier alpha value is -2.28. The van der Waals surface area contributed by atoms with Crippen LogP contribution in [0.3, 0.4) is 0 Å². The molecule has 0 spiro atoms. The predicted molar refractivity (Wildman–Crippen MR) is 93.9 cm³/mol. The summed E-state index contributed by atoms with van der Waals surface area (Å²) in [5.41, 5.74) is 0.817. The Balaban J connectivity index is 1.48. The highest BCUT2D eigenvalue weighted by molar-refractivity contribution is 5.96. The van der Waals surface area contributed by atoms with Crippen LogP contribution < -0.4 is 20.3 Å². The van der Waals surface area contributed by atoms with Crippen molar-refractivity contribution in [2.45, 2.75) is 38.3 Å². The number of benzene rings is 1. The third kappa shape index (κ3) is 4.63. The molecular weight excluding hydrogens is 322 g/mol. The number of urea groups is 1. The number of anilines is 1. The molecule has 2 saturated heterocycles. The molecule has 136 valence electrons. The molecule has 0 bridgehead atoms. The van der Waals surface area contributed by atoms with Gasteiger partial charge < -0.3 is 25.0 Å². The first kappa shape index (κ1) is 17.5. The quantitative estimate of drug-likeness (QED) is 0.820. The number of nitrogens with one attached hydrogen (secondary N) is 2. The minimum Gasteiger partial charge on any atom is -0.494 e. The summed E-state index contributed by atoms with van der Waals surface area (Å²) in [7, 11) is 0. The van der Waals surface area contributed by atoms with E-state index < -0.39 is 0 Å². The molecular formula is C18H25N3O4. The third-order valence-corrected chi connectivity index (χ3v) is 4.43. The van der Waals surface area contributed by atoms with Gasteiger partial charge >= 0.3 is 6.03 Å². The number of carbonyl (C=O) groups is 2. The molecule has 2 aliphatic heterocycles. The Morgan fingerprint density at radius 3 is 2.84 bits per heavy atom. The summed E-state index contributed by atoms with van der Waals surface area (Å²) >= 11 is 0. The van der Waals surface area contributed by atoms with Crippen molar-refractivity contribution in [3.8, 4) is 5.75 Å². The fourth-order valence-corrected chi connectivity index (χ4v) is 3.19. The Morgan fingerprint density at radius 1 is 1.36 bits per heavy atom. The average Bonchev–Trinajstić information content (AvgIpc) is 3.24. The zero-order valence-electron chi connectivity index (χ0n) is 14.5. The highest BCUT2D eigenvalue weighted by atomic mass is 16.5. The maximum atomic E-state index is 12.2. The van der Waals surface area contributed by atoms with Crippen LogP contribution in [0.1, 0.15) is 26.2 Å². The standard InChI is InChI=1S/C18H25N3O4/c1-2-24-15-7-5-14(6-8-15)21-12-13(10-17(21)22)20-18(23)19-11-16-4-3-9-25-16/h5-8,13,16H,2-4,9-12H2,1H3,(H2,19,20,23)/t13-,16+/m0/s1. The average molecular weight is 347 g/mol. The summed E-state index contributed by atoms with van der Waals surface area (Å²) in [6, 6.07) is 6.99. The SMILES string of the molecule is CCOc1ccc(N2C[C@@H](NC(=O)NC[C@H]3CCCO3)CC2=O)cc1. The molecule has 3 amide bonds. The van der Waals surface area contributed by atoms with E-state index in [1.807, 2.05) is 31.2 Å². The second-order valence-corrected chi connectivity index (χ2v) is 6.32. The number of rotatable bonds is 6. The molecule has 0 aromatic heterocycles. The summed E-state index contributed by atoms with van der Waals surface area (Å²) in [6.07, 6.45) is 2.44. The zero-order valence-corrected chi connectivity index (χ0v) is 14.5. The summed E-state index contributed by atoms with van der Waals surface area (Å²) in [4.78, 5) is 25.9. The first-order valence-electron chi connectivity index (χ1n) is 8.85. The maximum absolute atomic E-state index is 12.2. The summed E-state index contributed by atoms with van der Waals surface area (Å²) in [6.45, 7) is 4.28. The van der Waals surface area contributed by atoms with Gasteiger partial charge in [-0.2, -0.15) is 0 Å². The van der Waals surface area contributed by atoms with Crippen molar-refractivity contribution in [1.82, 2.24) is 10.6 Å². The van der Waals surface area contributed by atoms with Crippen LogP contribution in [0, 0.1) is 0 Å². The lowest BCUT2D eigenvalue weighted by Gasteiger charge is -2.18. The molecule has 2 heterocycles. The van der Waals surface area contributed by atoms with E-state index in [2.05, 4.69) is 10.6 Å². The molecule has 3 rings (SSSR count). The fraction of sp³-hybridized carbons (Fsp3) is 0.556. The number of hydrogen-bond donors (Lipinski definition) is 2. The topological polar surface area (TPSA) is 79.9 Å². The van der Waals surface area contributed by atoms with Crippen LogP contribution >= 0.6 is 0 Å². The van der Waals surface area contributed by atoms with Crippen LogP contribution in [0.25, 0.3) is 0 Å². The second-order valence-electron chi connectivity index (χ2n) is 6.32. The lowest BCUT2D eigenvalue weighted by molar-refractivity contribution is -0.117. The van der Waals surface area contributed by atoms with Gasteiger partial charge in [-0.25, -0.2) is 4.79 Å². The molecule has 2 fully saturated rings. The number of amides is 3. The lowest BCUT2D eigenvalue weighted by atomic mass is 10.2. The van der Waals surface area contributed by atoms with Crippen molar-refractivity contribution in [3.05, 3.63) is 24.3 Å². The van der Waals surface area contributed by atoms with Gasteiger partial charge in [0, 0.05) is 31.8 Å². The largest absolute Gasteiger partial charge is 0.494 e. The van der Waals surface area contributed by atoms with Crippen LogP contribution in [-0.2, 0) is 9.53 Å². The normalized spacial score (nSPS) is 22.9. The molecule has 2 aliphatic rings. The van der Waals surface area contributed by atoms with Crippen molar-refractivity contribution >= 4 is 17.6 Å². The van der Waals surface area contributed by atoms with Crippen molar-refractivity contribution < 1.29 is 19.1 Å². The van der Waals surface area contributed by atoms with Gasteiger partial charge in [-0.3, -0.25) is 4.79 Å². The van der Waals surface area contributed by atoms with Gasteiger partial charge in [0.25, 0.3) is 0 Å². The zero-order chi connectivity index (χ0) is 17.6. The minimum atomic E-state index is -0.248. The molecule has 2 N–H and O–H groups in total. The Labute approximate surface area is 147 Å². The van der Waals surface area contributed by atoms with Crippen molar-refractivity contribution in [2.24, 2.45) is 0 Å². The fourth-order valence-electron chi connectivity index (χ4n) is 3.19. The molecule has 0 saturated carbocycles. The predicted octanol–water partition coefficient (Wildman–Crippen LogP) is 1.67. The summed E-state index contributed by atoms with van der Waals surface area (Å²) in [5, 5.41) is 5.69. The summed E-state index contributed by atoms with van der Waals surface area (Å²) in [5.74, 6) is 0.787. The third-order valence-electron chi connectivity index (χ3n) is 4.43. The Bertz CT molecular complexity index is 599. The number of nitrogens with zero attached hydrogens (tertiary/aromatic N) is 1. The van der Waals surface area contributed by atoms with Crippen molar-refractivity contribution in [2.75, 3.05) is 31.2 Å². The molecule has 2 atom stereocenters. The van der Waals surface area contributed by atoms with E-state index in [1.54, 1.807) is 4.90 Å². The van der Waals surface area contributed by atoms with Crippen LogP contribution in [0.5, 0.6) is 5.75 Å². The molecule has 25 heavy (non-hydrogen) atoms. The van der Waals surface area contributed by atoms with Crippen LogP contribution in [-0.4, -0.2) is 50.4 Å². The van der Waals surface area contributed by atoms with Crippen LogP contribution in [0.2, 0.25) is 0 Å². The molecule has 0 unspecified atom stereocenters. The number of carbonyl (C=O) groups excluding carboxylic acids is 2. The number of hydrogen-bond acceptors (Lipinski definition) is 4. The molecule has 0 radical (unpaired) electrons. The number of ether oxygens (including phenoxy) is 2. The van der Waals surface area contributed by atoms with Crippen LogP contribution in [0.15, 0.2) is 24.3 Å². The van der Waals surface area contributed by atoms with Gasteiger partial charge in [0.05, 0.1) is 18.8 Å². The van der Waals surface area contributed by atoms with E-state index in [1.165, 1.54) is 0 Å². The van der Waals surface area contributed by atoms with Gasteiger partial charge in [-0.1, -0.05) is 0 Å². The van der Waals surface area contributed by atoms with E-state index in [9.17, 15) is 9.59 Å². The maximum Gasteiger partial charge on any atom is 0.315 e. The molecule has 7 heteroatoms. The van der Waals surface area contributed by atoms with E-state index in [0.717, 1.165) is 30.9 Å². The minimum absolute atomic E-state index is 0.00795. The van der Waals surface area contributed by atoms with Crippen molar-refractivity contribution in [1.29, 1.82) is 0 Å². The monoisotopic (exact) mass is 347 g/mol. The molecule has 0 aliphatic carbocycles. The molecule has 1 aromatic rings. The van der Waals surface area contributed by atoms with Gasteiger partial charge in [0.2, 0.25) is 5.91 Å². The van der Waals surface area contributed by atoms with E-state index in [4.69, 9.17) is 9.47 Å². The van der Waals surface area contributed by atoms with E-state index >= 15 is 0 Å². The Kier molecular flexibility index (Phi) is 5.75. The highest BCUT2D eigenvalue weighted by Gasteiger charge is 2.31. The second kappa shape index (κ2) is 8.20. The van der Waals surface area contributed by atoms with Crippen molar-refractivity contribution in [3.63, 3.8) is 0 Å². The van der Waals surface area contributed by atoms with Gasteiger partial charge in [0.1, 0.15) is 5.75 Å². The first-order chi connectivity index (χ1) is 12.2. The van der Waals surface area contributed by atoms with Gasteiger partial charge in [-0.15, -0.1) is 0 Å². The summed E-state index contributed by atoms with van der Waals surface area (Å²) < 4.78 is 10.9. The van der Waals surface area contributed by atoms with E-state index in [-0.39, 0.29) is 24.1 Å². The van der Waals surface area contributed by atoms with Gasteiger partial charge in [-0.05, 0) is 44.0 Å².